The van der Waals surface area contributed by atoms with Gasteiger partial charge in [-0.2, -0.15) is 13.2 Å². The van der Waals surface area contributed by atoms with Crippen molar-refractivity contribution in [2.24, 2.45) is 0 Å². The van der Waals surface area contributed by atoms with Gasteiger partial charge in [-0.1, -0.05) is 23.5 Å². The number of piperazine rings is 1. The third-order valence-corrected chi connectivity index (χ3v) is 4.40. The first-order valence-electron chi connectivity index (χ1n) is 6.93. The van der Waals surface area contributed by atoms with Gasteiger partial charge in [0.1, 0.15) is 5.51 Å². The molecule has 122 valence electrons. The van der Waals surface area contributed by atoms with Crippen molar-refractivity contribution in [3.63, 3.8) is 0 Å². The maximum absolute atomic E-state index is 13.0. The summed E-state index contributed by atoms with van der Waals surface area (Å²) in [7, 11) is 0. The average molecular weight is 342 g/mol. The Morgan fingerprint density at radius 3 is 2.43 bits per heavy atom. The van der Waals surface area contributed by atoms with Gasteiger partial charge in [-0.15, -0.1) is 10.2 Å². The van der Waals surface area contributed by atoms with Crippen LogP contribution in [0.3, 0.4) is 0 Å². The number of alkyl halides is 3. The number of amides is 1. The van der Waals surface area contributed by atoms with E-state index in [1.807, 2.05) is 4.90 Å². The molecule has 1 aromatic heterocycles. The van der Waals surface area contributed by atoms with E-state index in [-0.39, 0.29) is 5.56 Å². The molecule has 1 aliphatic rings. The van der Waals surface area contributed by atoms with Crippen LogP contribution in [0, 0.1) is 0 Å². The monoisotopic (exact) mass is 342 g/mol. The predicted octanol–water partition coefficient (Wildman–Crippen LogP) is 2.52. The molecule has 1 aromatic carbocycles. The fourth-order valence-electron chi connectivity index (χ4n) is 2.49. The molecule has 5 nitrogen and oxygen atoms in total. The zero-order valence-electron chi connectivity index (χ0n) is 12.0. The summed E-state index contributed by atoms with van der Waals surface area (Å²) in [4.78, 5) is 15.9. The minimum Gasteiger partial charge on any atom is -0.343 e. The van der Waals surface area contributed by atoms with Gasteiger partial charge in [0, 0.05) is 26.2 Å². The topological polar surface area (TPSA) is 49.3 Å². The molecule has 1 saturated heterocycles. The highest BCUT2D eigenvalue weighted by Gasteiger charge is 2.36. The number of rotatable bonds is 2. The van der Waals surface area contributed by atoms with Crippen LogP contribution in [0.4, 0.5) is 18.3 Å². The summed E-state index contributed by atoms with van der Waals surface area (Å²) in [5.41, 5.74) is 0.424. The third-order valence-electron chi connectivity index (χ3n) is 3.65. The summed E-state index contributed by atoms with van der Waals surface area (Å²) in [5.74, 6) is -0.588. The summed E-state index contributed by atoms with van der Waals surface area (Å²) >= 11 is 1.39. The van der Waals surface area contributed by atoms with Crippen molar-refractivity contribution in [1.29, 1.82) is 0 Å². The molecule has 0 aliphatic carbocycles. The number of aromatic nitrogens is 2. The number of hydrogen-bond acceptors (Lipinski definition) is 5. The zero-order chi connectivity index (χ0) is 16.4. The summed E-state index contributed by atoms with van der Waals surface area (Å²) in [6, 6.07) is 4.89. The lowest BCUT2D eigenvalue weighted by Crippen LogP contribution is -2.49. The fraction of sp³-hybridized carbons (Fsp3) is 0.357. The van der Waals surface area contributed by atoms with Crippen LogP contribution in [-0.2, 0) is 6.18 Å². The van der Waals surface area contributed by atoms with E-state index < -0.39 is 17.6 Å². The lowest BCUT2D eigenvalue weighted by molar-refractivity contribution is -0.138. The van der Waals surface area contributed by atoms with E-state index in [1.54, 1.807) is 5.51 Å². The minimum absolute atomic E-state index is 0.302. The lowest BCUT2D eigenvalue weighted by atomic mass is 10.1. The molecule has 0 atom stereocenters. The van der Waals surface area contributed by atoms with Gasteiger partial charge in [-0.25, -0.2) is 0 Å². The maximum Gasteiger partial charge on any atom is 0.417 e. The van der Waals surface area contributed by atoms with Crippen LogP contribution in [-0.4, -0.2) is 47.2 Å². The van der Waals surface area contributed by atoms with Crippen LogP contribution in [0.5, 0.6) is 0 Å². The highest BCUT2D eigenvalue weighted by atomic mass is 32.1. The van der Waals surface area contributed by atoms with Crippen LogP contribution in [0.2, 0.25) is 0 Å². The summed E-state index contributed by atoms with van der Waals surface area (Å²) in [6.45, 7) is 1.75. The van der Waals surface area contributed by atoms with Crippen LogP contribution in [0.25, 0.3) is 0 Å². The highest BCUT2D eigenvalue weighted by molar-refractivity contribution is 7.13. The van der Waals surface area contributed by atoms with Crippen molar-refractivity contribution in [1.82, 2.24) is 15.1 Å². The van der Waals surface area contributed by atoms with E-state index >= 15 is 0 Å². The molecule has 3 rings (SSSR count). The van der Waals surface area contributed by atoms with Crippen molar-refractivity contribution in [2.75, 3.05) is 31.1 Å². The summed E-state index contributed by atoms with van der Waals surface area (Å²) in [5, 5.41) is 8.47. The SMILES string of the molecule is O=C(c1ccccc1C(F)(F)F)N1CCN(c2nncs2)CC1. The molecular weight excluding hydrogens is 329 g/mol. The van der Waals surface area contributed by atoms with Gasteiger partial charge in [-0.05, 0) is 12.1 Å². The van der Waals surface area contributed by atoms with Crippen LogP contribution < -0.4 is 4.90 Å². The molecule has 2 heterocycles. The molecule has 2 aromatic rings. The average Bonchev–Trinajstić information content (AvgIpc) is 3.08. The number of nitrogens with zero attached hydrogens (tertiary/aromatic N) is 4. The van der Waals surface area contributed by atoms with Crippen molar-refractivity contribution in [3.8, 4) is 0 Å². The normalized spacial score (nSPS) is 15.8. The minimum atomic E-state index is -4.54. The first kappa shape index (κ1) is 15.7. The van der Waals surface area contributed by atoms with E-state index in [0.717, 1.165) is 11.2 Å². The molecule has 1 amide bonds. The standard InChI is InChI=1S/C14H13F3N4OS/c15-14(16,17)11-4-2-1-3-10(11)12(22)20-5-7-21(8-6-20)13-19-18-9-23-13/h1-4,9H,5-8H2. The van der Waals surface area contributed by atoms with E-state index in [9.17, 15) is 18.0 Å². The van der Waals surface area contributed by atoms with Gasteiger partial charge in [0.15, 0.2) is 0 Å². The lowest BCUT2D eigenvalue weighted by Gasteiger charge is -2.34. The molecule has 0 bridgehead atoms. The molecule has 1 aliphatic heterocycles. The van der Waals surface area contributed by atoms with E-state index in [2.05, 4.69) is 10.2 Å². The third kappa shape index (κ3) is 3.29. The Morgan fingerprint density at radius 1 is 1.13 bits per heavy atom. The Bertz CT molecular complexity index is 682. The Morgan fingerprint density at radius 2 is 1.83 bits per heavy atom. The van der Waals surface area contributed by atoms with Gasteiger partial charge < -0.3 is 9.80 Å². The number of halogens is 3. The largest absolute Gasteiger partial charge is 0.417 e. The highest BCUT2D eigenvalue weighted by Crippen LogP contribution is 2.32. The molecule has 0 radical (unpaired) electrons. The molecular formula is C14H13F3N4OS. The molecule has 0 spiro atoms. The van der Waals surface area contributed by atoms with Crippen molar-refractivity contribution >= 4 is 22.4 Å². The first-order valence-corrected chi connectivity index (χ1v) is 7.81. The Hall–Kier alpha value is -2.16. The van der Waals surface area contributed by atoms with Gasteiger partial charge in [0.25, 0.3) is 5.91 Å². The van der Waals surface area contributed by atoms with Crippen LogP contribution in [0.1, 0.15) is 15.9 Å². The summed E-state index contributed by atoms with van der Waals surface area (Å²) < 4.78 is 39.1. The van der Waals surface area contributed by atoms with E-state index in [4.69, 9.17) is 0 Å². The predicted molar refractivity (Wildman–Crippen MR) is 79.5 cm³/mol. The van der Waals surface area contributed by atoms with Crippen LogP contribution >= 0.6 is 11.3 Å². The van der Waals surface area contributed by atoms with Gasteiger partial charge in [-0.3, -0.25) is 4.79 Å². The molecule has 0 saturated carbocycles. The van der Waals surface area contributed by atoms with Crippen LogP contribution in [0.15, 0.2) is 29.8 Å². The molecule has 9 heteroatoms. The zero-order valence-corrected chi connectivity index (χ0v) is 12.8. The Kier molecular flexibility index (Phi) is 4.20. The van der Waals surface area contributed by atoms with E-state index in [0.29, 0.717) is 26.2 Å². The van der Waals surface area contributed by atoms with Crippen molar-refractivity contribution in [2.45, 2.75) is 6.18 Å². The Labute approximate surface area is 134 Å². The molecule has 23 heavy (non-hydrogen) atoms. The summed E-state index contributed by atoms with van der Waals surface area (Å²) in [6.07, 6.45) is -4.54. The molecule has 0 unspecified atom stereocenters. The second kappa shape index (κ2) is 6.15. The van der Waals surface area contributed by atoms with Crippen molar-refractivity contribution in [3.05, 3.63) is 40.9 Å². The number of carbonyl (C=O) groups is 1. The second-order valence-corrected chi connectivity index (χ2v) is 5.86. The maximum atomic E-state index is 13.0. The number of hydrogen-bond donors (Lipinski definition) is 0. The van der Waals surface area contributed by atoms with Gasteiger partial charge >= 0.3 is 6.18 Å². The second-order valence-electron chi connectivity index (χ2n) is 5.04. The molecule has 1 fully saturated rings. The quantitative estimate of drug-likeness (QED) is 0.841. The fourth-order valence-corrected chi connectivity index (χ4v) is 3.11. The molecule has 0 N–H and O–H groups in total. The van der Waals surface area contributed by atoms with Gasteiger partial charge in [0.05, 0.1) is 11.1 Å². The smallest absolute Gasteiger partial charge is 0.343 e. The number of carbonyl (C=O) groups excluding carboxylic acids is 1. The van der Waals surface area contributed by atoms with E-state index in [1.165, 1.54) is 34.4 Å². The number of anilines is 1. The van der Waals surface area contributed by atoms with Gasteiger partial charge in [0.2, 0.25) is 5.13 Å². The van der Waals surface area contributed by atoms with Crippen molar-refractivity contribution < 1.29 is 18.0 Å². The Balaban J connectivity index is 1.73. The number of benzene rings is 1. The first-order chi connectivity index (χ1) is 11.0.